The molecule has 1 atom stereocenters. The lowest BCUT2D eigenvalue weighted by atomic mass is 10.2. The molecule has 1 N–H and O–H groups in total. The molecule has 4 heterocycles. The van der Waals surface area contributed by atoms with Gasteiger partial charge in [-0.3, -0.25) is 9.47 Å². The highest BCUT2D eigenvalue weighted by Crippen LogP contribution is 2.25. The summed E-state index contributed by atoms with van der Waals surface area (Å²) in [7, 11) is 0. The minimum Gasteiger partial charge on any atom is -0.365 e. The molecule has 0 amide bonds. The smallest absolute Gasteiger partial charge is 0.349 e. The summed E-state index contributed by atoms with van der Waals surface area (Å²) in [5.41, 5.74) is 0.588. The molecule has 7 nitrogen and oxygen atoms in total. The zero-order valence-electron chi connectivity index (χ0n) is 15.1. The van der Waals surface area contributed by atoms with Crippen LogP contribution >= 0.6 is 0 Å². The number of anilines is 2. The topological polar surface area (TPSA) is 66.3 Å². The van der Waals surface area contributed by atoms with Crippen molar-refractivity contribution < 1.29 is 0 Å². The third-order valence-electron chi connectivity index (χ3n) is 5.44. The Morgan fingerprint density at radius 2 is 1.85 bits per heavy atom. The highest BCUT2D eigenvalue weighted by molar-refractivity contribution is 5.89. The number of rotatable bonds is 3. The van der Waals surface area contributed by atoms with Gasteiger partial charge in [-0.05, 0) is 24.3 Å². The molecule has 7 heteroatoms. The maximum absolute atomic E-state index is 12.3. The standard InChI is InChI=1S/C20H22N6O/c27-20-23-17-6-2-1-5-16(17)19-22-15(14-26(19)20)13-24-9-11-25(12-10-24)18-7-3-4-8-21-18/h1-8,15,22H,9-14H2. The van der Waals surface area contributed by atoms with Crippen LogP contribution in [0.25, 0.3) is 10.9 Å². The summed E-state index contributed by atoms with van der Waals surface area (Å²) in [5, 5.41) is 4.58. The summed E-state index contributed by atoms with van der Waals surface area (Å²) in [6.07, 6.45) is 1.84. The molecule has 1 aromatic carbocycles. The third kappa shape index (κ3) is 3.04. The van der Waals surface area contributed by atoms with Gasteiger partial charge >= 0.3 is 5.69 Å². The molecule has 2 aliphatic rings. The lowest BCUT2D eigenvalue weighted by molar-refractivity contribution is 0.244. The normalized spacial score (nSPS) is 19.9. The summed E-state index contributed by atoms with van der Waals surface area (Å²) in [4.78, 5) is 25.8. The number of benzene rings is 1. The Labute approximate surface area is 157 Å². The number of nitrogens with one attached hydrogen (secondary N) is 1. The van der Waals surface area contributed by atoms with Gasteiger partial charge in [-0.25, -0.2) is 9.78 Å². The Morgan fingerprint density at radius 1 is 1.04 bits per heavy atom. The van der Waals surface area contributed by atoms with Crippen LogP contribution in [0.4, 0.5) is 11.6 Å². The van der Waals surface area contributed by atoms with Gasteiger partial charge in [-0.2, -0.15) is 4.98 Å². The van der Waals surface area contributed by atoms with E-state index in [2.05, 4.69) is 31.2 Å². The molecule has 0 aliphatic carbocycles. The quantitative estimate of drug-likeness (QED) is 0.760. The third-order valence-corrected chi connectivity index (χ3v) is 5.44. The second-order valence-corrected chi connectivity index (χ2v) is 7.19. The van der Waals surface area contributed by atoms with Gasteiger partial charge in [-0.1, -0.05) is 18.2 Å². The average molecular weight is 362 g/mol. The molecule has 138 valence electrons. The van der Waals surface area contributed by atoms with Crippen LogP contribution in [0, 0.1) is 0 Å². The molecule has 27 heavy (non-hydrogen) atoms. The fourth-order valence-electron chi connectivity index (χ4n) is 4.08. The van der Waals surface area contributed by atoms with E-state index in [4.69, 9.17) is 0 Å². The van der Waals surface area contributed by atoms with Gasteiger partial charge in [0.25, 0.3) is 0 Å². The molecule has 0 bridgehead atoms. The van der Waals surface area contributed by atoms with E-state index in [0.717, 1.165) is 55.3 Å². The van der Waals surface area contributed by atoms with Crippen molar-refractivity contribution in [1.29, 1.82) is 0 Å². The van der Waals surface area contributed by atoms with Gasteiger partial charge in [-0.15, -0.1) is 0 Å². The van der Waals surface area contributed by atoms with Crippen LogP contribution in [0.1, 0.15) is 0 Å². The number of pyridine rings is 1. The van der Waals surface area contributed by atoms with Gasteiger partial charge in [0, 0.05) is 44.3 Å². The van der Waals surface area contributed by atoms with Crippen LogP contribution in [0.5, 0.6) is 0 Å². The molecule has 3 aromatic rings. The SMILES string of the molecule is O=c1nc2ccccc2c2n1CC(CN1CCN(c3ccccn3)CC1)N2. The van der Waals surface area contributed by atoms with Gasteiger partial charge in [0.15, 0.2) is 0 Å². The zero-order valence-corrected chi connectivity index (χ0v) is 15.1. The van der Waals surface area contributed by atoms with Crippen LogP contribution in [-0.2, 0) is 6.54 Å². The number of piperazine rings is 1. The first kappa shape index (κ1) is 16.3. The van der Waals surface area contributed by atoms with Crippen LogP contribution in [-0.4, -0.2) is 58.2 Å². The maximum Gasteiger partial charge on any atom is 0.349 e. The van der Waals surface area contributed by atoms with Crippen molar-refractivity contribution in [3.05, 3.63) is 59.1 Å². The second kappa shape index (κ2) is 6.66. The molecule has 2 aromatic heterocycles. The summed E-state index contributed by atoms with van der Waals surface area (Å²) in [6, 6.07) is 14.1. The zero-order chi connectivity index (χ0) is 18.2. The van der Waals surface area contributed by atoms with Crippen molar-refractivity contribution in [3.8, 4) is 0 Å². The van der Waals surface area contributed by atoms with Crippen molar-refractivity contribution in [2.75, 3.05) is 42.9 Å². The summed E-state index contributed by atoms with van der Waals surface area (Å²) < 4.78 is 1.77. The largest absolute Gasteiger partial charge is 0.365 e. The van der Waals surface area contributed by atoms with E-state index >= 15 is 0 Å². The fraction of sp³-hybridized carbons (Fsp3) is 0.350. The van der Waals surface area contributed by atoms with E-state index in [-0.39, 0.29) is 11.7 Å². The Balaban J connectivity index is 1.26. The fourth-order valence-corrected chi connectivity index (χ4v) is 4.08. The van der Waals surface area contributed by atoms with Crippen molar-refractivity contribution in [2.24, 2.45) is 0 Å². The van der Waals surface area contributed by atoms with Crippen molar-refractivity contribution in [2.45, 2.75) is 12.6 Å². The average Bonchev–Trinajstić information content (AvgIpc) is 3.14. The lowest BCUT2D eigenvalue weighted by Crippen LogP contribution is -2.49. The number of hydrogen-bond acceptors (Lipinski definition) is 6. The highest BCUT2D eigenvalue weighted by atomic mass is 16.1. The van der Waals surface area contributed by atoms with Gasteiger partial charge in [0.05, 0.1) is 18.1 Å². The monoisotopic (exact) mass is 362 g/mol. The van der Waals surface area contributed by atoms with Gasteiger partial charge in [0.2, 0.25) is 0 Å². The van der Waals surface area contributed by atoms with E-state index in [1.807, 2.05) is 42.6 Å². The minimum atomic E-state index is -0.168. The second-order valence-electron chi connectivity index (χ2n) is 7.19. The first-order valence-electron chi connectivity index (χ1n) is 9.42. The van der Waals surface area contributed by atoms with Crippen molar-refractivity contribution >= 4 is 22.5 Å². The molecule has 1 fully saturated rings. The molecule has 5 rings (SSSR count). The number of nitrogens with zero attached hydrogens (tertiary/aromatic N) is 5. The number of para-hydroxylation sites is 1. The molecular weight excluding hydrogens is 340 g/mol. The minimum absolute atomic E-state index is 0.168. The predicted octanol–water partition coefficient (Wildman–Crippen LogP) is 1.41. The van der Waals surface area contributed by atoms with Crippen LogP contribution in [0.15, 0.2) is 53.5 Å². The van der Waals surface area contributed by atoms with E-state index < -0.39 is 0 Å². The number of aromatic nitrogens is 3. The summed E-state index contributed by atoms with van der Waals surface area (Å²) in [6.45, 7) is 5.54. The van der Waals surface area contributed by atoms with Crippen LogP contribution < -0.4 is 15.9 Å². The molecule has 0 saturated carbocycles. The van der Waals surface area contributed by atoms with Gasteiger partial charge in [0.1, 0.15) is 11.6 Å². The lowest BCUT2D eigenvalue weighted by Gasteiger charge is -2.36. The Bertz CT molecular complexity index is 1010. The molecular formula is C20H22N6O. The Kier molecular flexibility index (Phi) is 4.01. The first-order chi connectivity index (χ1) is 13.3. The van der Waals surface area contributed by atoms with Gasteiger partial charge < -0.3 is 10.2 Å². The van der Waals surface area contributed by atoms with E-state index in [1.165, 1.54) is 0 Å². The summed E-state index contributed by atoms with van der Waals surface area (Å²) >= 11 is 0. The van der Waals surface area contributed by atoms with Crippen molar-refractivity contribution in [1.82, 2.24) is 19.4 Å². The Morgan fingerprint density at radius 3 is 2.67 bits per heavy atom. The number of fused-ring (bicyclic) bond motifs is 3. The predicted molar refractivity (Wildman–Crippen MR) is 106 cm³/mol. The molecule has 1 saturated heterocycles. The van der Waals surface area contributed by atoms with Crippen LogP contribution in [0.3, 0.4) is 0 Å². The van der Waals surface area contributed by atoms with E-state index in [0.29, 0.717) is 6.54 Å². The van der Waals surface area contributed by atoms with E-state index in [1.54, 1.807) is 4.57 Å². The number of hydrogen-bond donors (Lipinski definition) is 1. The Hall–Kier alpha value is -2.93. The maximum atomic E-state index is 12.3. The molecule has 2 aliphatic heterocycles. The molecule has 0 spiro atoms. The highest BCUT2D eigenvalue weighted by Gasteiger charge is 2.27. The van der Waals surface area contributed by atoms with E-state index in [9.17, 15) is 4.79 Å². The first-order valence-corrected chi connectivity index (χ1v) is 9.42. The summed E-state index contributed by atoms with van der Waals surface area (Å²) in [5.74, 6) is 1.95. The molecule has 0 radical (unpaired) electrons. The van der Waals surface area contributed by atoms with Crippen LogP contribution in [0.2, 0.25) is 0 Å². The molecule has 1 unspecified atom stereocenters. The van der Waals surface area contributed by atoms with Crippen molar-refractivity contribution in [3.63, 3.8) is 0 Å².